The van der Waals surface area contributed by atoms with E-state index in [9.17, 15) is 17.6 Å². The minimum Gasteiger partial charge on any atom is -0.339 e. The minimum atomic E-state index is -3.55. The number of piperidine rings is 1. The Morgan fingerprint density at radius 2 is 1.84 bits per heavy atom. The fourth-order valence-corrected chi connectivity index (χ4v) is 3.12. The number of carbonyl (C=O) groups is 1. The number of halogens is 1. The Morgan fingerprint density at radius 1 is 1.21 bits per heavy atom. The average molecular weight is 285 g/mol. The zero-order valence-corrected chi connectivity index (χ0v) is 11.5. The van der Waals surface area contributed by atoms with Crippen LogP contribution in [0, 0.1) is 5.82 Å². The Hall–Kier alpha value is -1.43. The Labute approximate surface area is 112 Å². The highest BCUT2D eigenvalue weighted by atomic mass is 32.2. The van der Waals surface area contributed by atoms with Crippen molar-refractivity contribution in [2.75, 3.05) is 19.3 Å². The number of hydrogen-bond acceptors (Lipinski definition) is 3. The highest BCUT2D eigenvalue weighted by Crippen LogP contribution is 2.21. The van der Waals surface area contributed by atoms with Crippen LogP contribution in [0.5, 0.6) is 0 Å². The normalized spacial score (nSPS) is 16.4. The molecule has 1 saturated heterocycles. The van der Waals surface area contributed by atoms with Crippen LogP contribution in [0.4, 0.5) is 4.39 Å². The molecule has 1 aromatic carbocycles. The van der Waals surface area contributed by atoms with Gasteiger partial charge in [-0.15, -0.1) is 0 Å². The predicted molar refractivity (Wildman–Crippen MR) is 69.3 cm³/mol. The van der Waals surface area contributed by atoms with Crippen LogP contribution in [0.25, 0.3) is 0 Å². The van der Waals surface area contributed by atoms with Crippen LogP contribution in [0.15, 0.2) is 23.1 Å². The van der Waals surface area contributed by atoms with Crippen molar-refractivity contribution in [1.82, 2.24) is 4.90 Å². The topological polar surface area (TPSA) is 54.5 Å². The van der Waals surface area contributed by atoms with Crippen LogP contribution in [-0.2, 0) is 9.84 Å². The summed E-state index contributed by atoms with van der Waals surface area (Å²) in [7, 11) is -3.55. The quantitative estimate of drug-likeness (QED) is 0.779. The summed E-state index contributed by atoms with van der Waals surface area (Å²) < 4.78 is 36.6. The number of benzene rings is 1. The third-order valence-electron chi connectivity index (χ3n) is 3.21. The molecule has 0 radical (unpaired) electrons. The van der Waals surface area contributed by atoms with Crippen molar-refractivity contribution in [1.29, 1.82) is 0 Å². The molecule has 0 spiro atoms. The second-order valence-corrected chi connectivity index (χ2v) is 6.75. The van der Waals surface area contributed by atoms with Gasteiger partial charge in [-0.2, -0.15) is 0 Å². The zero-order valence-electron chi connectivity index (χ0n) is 10.7. The fourth-order valence-electron chi connectivity index (χ4n) is 2.26. The molecule has 0 unspecified atom stereocenters. The molecular weight excluding hydrogens is 269 g/mol. The summed E-state index contributed by atoms with van der Waals surface area (Å²) in [5, 5.41) is 0. The average Bonchev–Trinajstić information content (AvgIpc) is 2.37. The first-order chi connectivity index (χ1) is 8.89. The Morgan fingerprint density at radius 3 is 2.42 bits per heavy atom. The van der Waals surface area contributed by atoms with Gasteiger partial charge < -0.3 is 4.90 Å². The first-order valence-electron chi connectivity index (χ1n) is 6.18. The van der Waals surface area contributed by atoms with E-state index in [1.165, 1.54) is 0 Å². The van der Waals surface area contributed by atoms with Crippen LogP contribution in [0.2, 0.25) is 0 Å². The zero-order chi connectivity index (χ0) is 14.0. The molecule has 1 aliphatic rings. The molecular formula is C13H16FNO3S. The maximum Gasteiger partial charge on any atom is 0.255 e. The molecule has 6 heteroatoms. The minimum absolute atomic E-state index is 0.0654. The molecule has 2 rings (SSSR count). The highest BCUT2D eigenvalue weighted by Gasteiger charge is 2.24. The molecule has 4 nitrogen and oxygen atoms in total. The summed E-state index contributed by atoms with van der Waals surface area (Å²) in [6.45, 7) is 1.19. The van der Waals surface area contributed by atoms with E-state index in [1.54, 1.807) is 4.90 Å². The number of nitrogens with zero attached hydrogens (tertiary/aromatic N) is 1. The molecule has 1 fully saturated rings. The van der Waals surface area contributed by atoms with E-state index in [-0.39, 0.29) is 10.5 Å². The highest BCUT2D eigenvalue weighted by molar-refractivity contribution is 7.90. The Bertz CT molecular complexity index is 592. The summed E-state index contributed by atoms with van der Waals surface area (Å²) in [6.07, 6.45) is 3.88. The lowest BCUT2D eigenvalue weighted by Gasteiger charge is -2.27. The summed E-state index contributed by atoms with van der Waals surface area (Å²) in [5.74, 6) is -1.01. The predicted octanol–water partition coefficient (Wildman–Crippen LogP) is 1.86. The van der Waals surface area contributed by atoms with E-state index in [4.69, 9.17) is 0 Å². The van der Waals surface area contributed by atoms with Gasteiger partial charge in [-0.05, 0) is 37.5 Å². The van der Waals surface area contributed by atoms with Crippen molar-refractivity contribution >= 4 is 15.7 Å². The second-order valence-electron chi connectivity index (χ2n) is 4.77. The monoisotopic (exact) mass is 285 g/mol. The van der Waals surface area contributed by atoms with E-state index < -0.39 is 21.6 Å². The lowest BCUT2D eigenvalue weighted by atomic mass is 10.1. The smallest absolute Gasteiger partial charge is 0.255 e. The van der Waals surface area contributed by atoms with Crippen molar-refractivity contribution < 1.29 is 17.6 Å². The van der Waals surface area contributed by atoms with Gasteiger partial charge in [0.15, 0.2) is 9.84 Å². The number of sulfone groups is 1. The largest absolute Gasteiger partial charge is 0.339 e. The fraction of sp³-hybridized carbons (Fsp3) is 0.462. The van der Waals surface area contributed by atoms with Crippen LogP contribution in [0.3, 0.4) is 0 Å². The van der Waals surface area contributed by atoms with E-state index in [1.807, 2.05) is 0 Å². The number of amides is 1. The molecule has 0 aromatic heterocycles. The maximum atomic E-state index is 13.3. The molecule has 0 bridgehead atoms. The number of rotatable bonds is 2. The third-order valence-corrected chi connectivity index (χ3v) is 4.37. The molecule has 0 saturated carbocycles. The van der Waals surface area contributed by atoms with Crippen LogP contribution < -0.4 is 0 Å². The molecule has 0 atom stereocenters. The molecule has 1 aliphatic heterocycles. The summed E-state index contributed by atoms with van der Waals surface area (Å²) in [6, 6.07) is 3.22. The summed E-state index contributed by atoms with van der Waals surface area (Å²) in [4.78, 5) is 13.8. The van der Waals surface area contributed by atoms with E-state index >= 15 is 0 Å². The third kappa shape index (κ3) is 3.12. The van der Waals surface area contributed by atoms with E-state index in [0.717, 1.165) is 43.7 Å². The summed E-state index contributed by atoms with van der Waals surface area (Å²) in [5.41, 5.74) is -0.0654. The van der Waals surface area contributed by atoms with Gasteiger partial charge in [-0.3, -0.25) is 4.79 Å². The number of likely N-dealkylation sites (tertiary alicyclic amines) is 1. The first kappa shape index (κ1) is 14.0. The molecule has 0 aliphatic carbocycles. The molecule has 1 amide bonds. The van der Waals surface area contributed by atoms with E-state index in [0.29, 0.717) is 13.1 Å². The van der Waals surface area contributed by atoms with Crippen LogP contribution >= 0.6 is 0 Å². The van der Waals surface area contributed by atoms with Crippen molar-refractivity contribution in [3.05, 3.63) is 29.6 Å². The van der Waals surface area contributed by atoms with Crippen molar-refractivity contribution in [2.45, 2.75) is 24.2 Å². The Balaban J connectivity index is 2.42. The SMILES string of the molecule is CS(=O)(=O)c1ccc(F)cc1C(=O)N1CCCCC1. The molecule has 19 heavy (non-hydrogen) atoms. The number of carbonyl (C=O) groups excluding carboxylic acids is 1. The second kappa shape index (κ2) is 5.28. The van der Waals surface area contributed by atoms with Gasteiger partial charge in [0.25, 0.3) is 5.91 Å². The van der Waals surface area contributed by atoms with E-state index in [2.05, 4.69) is 0 Å². The lowest BCUT2D eigenvalue weighted by Crippen LogP contribution is -2.36. The number of hydrogen-bond donors (Lipinski definition) is 0. The lowest BCUT2D eigenvalue weighted by molar-refractivity contribution is 0.0720. The molecule has 1 aromatic rings. The van der Waals surface area contributed by atoms with Gasteiger partial charge in [0, 0.05) is 19.3 Å². The Kier molecular flexibility index (Phi) is 3.89. The van der Waals surface area contributed by atoms with Gasteiger partial charge in [0.2, 0.25) is 0 Å². The molecule has 0 N–H and O–H groups in total. The van der Waals surface area contributed by atoms with Gasteiger partial charge >= 0.3 is 0 Å². The van der Waals surface area contributed by atoms with Gasteiger partial charge in [0.05, 0.1) is 10.5 Å². The summed E-state index contributed by atoms with van der Waals surface area (Å²) >= 11 is 0. The molecule has 1 heterocycles. The first-order valence-corrected chi connectivity index (χ1v) is 8.07. The van der Waals surface area contributed by atoms with Crippen LogP contribution in [-0.4, -0.2) is 38.6 Å². The van der Waals surface area contributed by atoms with Crippen molar-refractivity contribution in [3.8, 4) is 0 Å². The standard InChI is InChI=1S/C13H16FNO3S/c1-19(17,18)12-6-5-10(14)9-11(12)13(16)15-7-3-2-4-8-15/h5-6,9H,2-4,7-8H2,1H3. The van der Waals surface area contributed by atoms with Gasteiger partial charge in [-0.1, -0.05) is 0 Å². The maximum absolute atomic E-state index is 13.3. The van der Waals surface area contributed by atoms with Crippen molar-refractivity contribution in [2.24, 2.45) is 0 Å². The molecule has 104 valence electrons. The van der Waals surface area contributed by atoms with Gasteiger partial charge in [-0.25, -0.2) is 12.8 Å². The van der Waals surface area contributed by atoms with Crippen molar-refractivity contribution in [3.63, 3.8) is 0 Å². The van der Waals surface area contributed by atoms with Crippen LogP contribution in [0.1, 0.15) is 29.6 Å². The van der Waals surface area contributed by atoms with Gasteiger partial charge in [0.1, 0.15) is 5.82 Å².